The molecule has 3 N–H and O–H groups in total. The molecule has 0 fully saturated rings. The minimum absolute atomic E-state index is 0. The summed E-state index contributed by atoms with van der Waals surface area (Å²) in [5, 5.41) is 7.26. The molecule has 2 heterocycles. The van der Waals surface area contributed by atoms with Crippen LogP contribution in [0.5, 0.6) is 0 Å². The fourth-order valence-corrected chi connectivity index (χ4v) is 3.28. The molecule has 1 aromatic heterocycles. The molecule has 0 saturated heterocycles. The Kier molecular flexibility index (Phi) is 7.78. The lowest BCUT2D eigenvalue weighted by molar-refractivity contribution is -0.117. The molecule has 0 saturated carbocycles. The average molecular weight is 400 g/mol. The first-order valence-corrected chi connectivity index (χ1v) is 8.47. The maximum absolute atomic E-state index is 12.8. The van der Waals surface area contributed by atoms with Gasteiger partial charge in [-0.15, -0.1) is 24.8 Å². The number of carbonyl (C=O) groups excluding carboxylic acids is 1. The van der Waals surface area contributed by atoms with Gasteiger partial charge in [-0.3, -0.25) is 4.79 Å². The first kappa shape index (κ1) is 22.1. The van der Waals surface area contributed by atoms with Gasteiger partial charge < -0.3 is 16.0 Å². The molecular formula is C18H27Cl2N5O. The van der Waals surface area contributed by atoms with E-state index in [1.807, 2.05) is 49.7 Å². The number of hydrogen-bond acceptors (Lipinski definition) is 4. The van der Waals surface area contributed by atoms with E-state index in [0.29, 0.717) is 0 Å². The number of benzene rings is 1. The number of carbonyl (C=O) groups is 1. The number of rotatable bonds is 4. The second kappa shape index (κ2) is 9.14. The van der Waals surface area contributed by atoms with Crippen LogP contribution in [0.15, 0.2) is 30.5 Å². The first-order chi connectivity index (χ1) is 11.5. The number of nitrogens with one attached hydrogen (secondary N) is 1. The largest absolute Gasteiger partial charge is 0.398 e. The van der Waals surface area contributed by atoms with Crippen LogP contribution in [-0.2, 0) is 11.2 Å². The molecular weight excluding hydrogens is 373 g/mol. The SMILES string of the molecule is CC(C(=O)Nc1ccnn1C(C)C)N1CCCc2c(N)cccc21.Cl.Cl. The third kappa shape index (κ3) is 4.24. The van der Waals surface area contributed by atoms with Gasteiger partial charge in [0.15, 0.2) is 0 Å². The number of hydrogen-bond donors (Lipinski definition) is 2. The van der Waals surface area contributed by atoms with Gasteiger partial charge in [0.25, 0.3) is 0 Å². The predicted molar refractivity (Wildman–Crippen MR) is 112 cm³/mol. The Morgan fingerprint density at radius 1 is 1.23 bits per heavy atom. The Morgan fingerprint density at radius 3 is 2.65 bits per heavy atom. The van der Waals surface area contributed by atoms with E-state index in [1.54, 1.807) is 6.20 Å². The predicted octanol–water partition coefficient (Wildman–Crippen LogP) is 3.67. The molecule has 1 aliphatic heterocycles. The standard InChI is InChI=1S/C18H25N5O.2ClH/c1-12(2)23-17(9-10-20-23)21-18(24)13(3)22-11-5-6-14-15(19)7-4-8-16(14)22;;/h4,7-10,12-13H,5-6,11,19H2,1-3H3,(H,21,24);2*1H. The van der Waals surface area contributed by atoms with E-state index in [1.165, 1.54) is 0 Å². The Labute approximate surface area is 166 Å². The molecule has 1 aromatic carbocycles. The van der Waals surface area contributed by atoms with Crippen molar-refractivity contribution in [1.82, 2.24) is 9.78 Å². The molecule has 3 rings (SSSR count). The lowest BCUT2D eigenvalue weighted by Gasteiger charge is -2.36. The quantitative estimate of drug-likeness (QED) is 0.768. The Hall–Kier alpha value is -1.92. The second-order valence-corrected chi connectivity index (χ2v) is 6.56. The highest BCUT2D eigenvalue weighted by atomic mass is 35.5. The molecule has 1 unspecified atom stereocenters. The van der Waals surface area contributed by atoms with Crippen molar-refractivity contribution in [3.8, 4) is 0 Å². The van der Waals surface area contributed by atoms with E-state index < -0.39 is 0 Å². The normalized spacial score (nSPS) is 14.1. The second-order valence-electron chi connectivity index (χ2n) is 6.56. The molecule has 26 heavy (non-hydrogen) atoms. The van der Waals surface area contributed by atoms with E-state index in [2.05, 4.69) is 15.3 Å². The summed E-state index contributed by atoms with van der Waals surface area (Å²) >= 11 is 0. The van der Waals surface area contributed by atoms with Gasteiger partial charge in [-0.05, 0) is 51.3 Å². The van der Waals surface area contributed by atoms with Crippen LogP contribution in [0.25, 0.3) is 0 Å². The molecule has 6 nitrogen and oxygen atoms in total. The van der Waals surface area contributed by atoms with Gasteiger partial charge in [0.1, 0.15) is 11.9 Å². The van der Waals surface area contributed by atoms with Crippen LogP contribution >= 0.6 is 24.8 Å². The molecule has 0 bridgehead atoms. The minimum Gasteiger partial charge on any atom is -0.398 e. The van der Waals surface area contributed by atoms with Crippen molar-refractivity contribution < 1.29 is 4.79 Å². The van der Waals surface area contributed by atoms with E-state index in [9.17, 15) is 4.79 Å². The van der Waals surface area contributed by atoms with E-state index >= 15 is 0 Å². The summed E-state index contributed by atoms with van der Waals surface area (Å²) in [6, 6.07) is 7.67. The van der Waals surface area contributed by atoms with Gasteiger partial charge in [-0.1, -0.05) is 6.07 Å². The van der Waals surface area contributed by atoms with Gasteiger partial charge in [-0.25, -0.2) is 4.68 Å². The van der Waals surface area contributed by atoms with Crippen LogP contribution in [0.3, 0.4) is 0 Å². The molecule has 1 amide bonds. The van der Waals surface area contributed by atoms with Crippen molar-refractivity contribution in [2.45, 2.75) is 45.7 Å². The summed E-state index contributed by atoms with van der Waals surface area (Å²) in [6.07, 6.45) is 3.67. The van der Waals surface area contributed by atoms with E-state index in [-0.39, 0.29) is 42.8 Å². The molecule has 1 aliphatic rings. The number of nitrogen functional groups attached to an aromatic ring is 1. The summed E-state index contributed by atoms with van der Waals surface area (Å²) < 4.78 is 1.81. The molecule has 0 spiro atoms. The highest BCUT2D eigenvalue weighted by molar-refractivity contribution is 5.96. The molecule has 144 valence electrons. The third-order valence-corrected chi connectivity index (χ3v) is 4.58. The fourth-order valence-electron chi connectivity index (χ4n) is 3.28. The van der Waals surface area contributed by atoms with Gasteiger partial charge in [-0.2, -0.15) is 5.10 Å². The van der Waals surface area contributed by atoms with Gasteiger partial charge in [0.05, 0.1) is 6.20 Å². The number of anilines is 3. The topological polar surface area (TPSA) is 76.2 Å². The maximum atomic E-state index is 12.8. The zero-order chi connectivity index (χ0) is 17.3. The zero-order valence-corrected chi connectivity index (χ0v) is 16.9. The van der Waals surface area contributed by atoms with E-state index in [4.69, 9.17) is 5.73 Å². The smallest absolute Gasteiger partial charge is 0.247 e. The van der Waals surface area contributed by atoms with Crippen molar-refractivity contribution in [2.24, 2.45) is 0 Å². The van der Waals surface area contributed by atoms with Crippen molar-refractivity contribution >= 4 is 47.9 Å². The number of nitrogens with zero attached hydrogens (tertiary/aromatic N) is 3. The van der Waals surface area contributed by atoms with Crippen LogP contribution in [-0.4, -0.2) is 28.3 Å². The Morgan fingerprint density at radius 2 is 1.96 bits per heavy atom. The summed E-state index contributed by atoms with van der Waals surface area (Å²) in [6.45, 7) is 6.86. The van der Waals surface area contributed by atoms with Gasteiger partial charge in [0.2, 0.25) is 5.91 Å². The van der Waals surface area contributed by atoms with Crippen LogP contribution in [0.2, 0.25) is 0 Å². The Balaban J connectivity index is 0.00000169. The number of nitrogens with two attached hydrogens (primary N) is 1. The summed E-state index contributed by atoms with van der Waals surface area (Å²) in [7, 11) is 0. The number of fused-ring (bicyclic) bond motifs is 1. The molecule has 0 radical (unpaired) electrons. The molecule has 0 aliphatic carbocycles. The molecule has 2 aromatic rings. The van der Waals surface area contributed by atoms with Crippen molar-refractivity contribution in [3.63, 3.8) is 0 Å². The van der Waals surface area contributed by atoms with Crippen molar-refractivity contribution in [3.05, 3.63) is 36.0 Å². The van der Waals surface area contributed by atoms with Gasteiger partial charge >= 0.3 is 0 Å². The van der Waals surface area contributed by atoms with Crippen molar-refractivity contribution in [1.29, 1.82) is 0 Å². The number of halogens is 2. The monoisotopic (exact) mass is 399 g/mol. The van der Waals surface area contributed by atoms with Crippen LogP contribution in [0.4, 0.5) is 17.2 Å². The Bertz CT molecular complexity index is 747. The van der Waals surface area contributed by atoms with Crippen LogP contribution < -0.4 is 16.0 Å². The maximum Gasteiger partial charge on any atom is 0.247 e. The van der Waals surface area contributed by atoms with Gasteiger partial charge in [0, 0.05) is 30.0 Å². The number of amides is 1. The average Bonchev–Trinajstić information content (AvgIpc) is 3.02. The number of aromatic nitrogens is 2. The lowest BCUT2D eigenvalue weighted by atomic mass is 9.98. The van der Waals surface area contributed by atoms with E-state index in [0.717, 1.165) is 42.1 Å². The lowest BCUT2D eigenvalue weighted by Crippen LogP contribution is -2.45. The van der Waals surface area contributed by atoms with Crippen LogP contribution in [0, 0.1) is 0 Å². The zero-order valence-electron chi connectivity index (χ0n) is 15.3. The first-order valence-electron chi connectivity index (χ1n) is 8.47. The van der Waals surface area contributed by atoms with Crippen LogP contribution in [0.1, 0.15) is 38.8 Å². The molecule has 8 heteroatoms. The third-order valence-electron chi connectivity index (χ3n) is 4.58. The molecule has 1 atom stereocenters. The summed E-state index contributed by atoms with van der Waals surface area (Å²) in [4.78, 5) is 14.9. The minimum atomic E-state index is -0.277. The highest BCUT2D eigenvalue weighted by Gasteiger charge is 2.27. The van der Waals surface area contributed by atoms with Crippen molar-refractivity contribution in [2.75, 3.05) is 22.5 Å². The summed E-state index contributed by atoms with van der Waals surface area (Å²) in [5.41, 5.74) is 9.13. The summed E-state index contributed by atoms with van der Waals surface area (Å²) in [5.74, 6) is 0.694. The highest BCUT2D eigenvalue weighted by Crippen LogP contribution is 2.32. The fraction of sp³-hybridized carbons (Fsp3) is 0.444.